The molecule has 5 heteroatoms. The maximum atomic E-state index is 10.1. The molecule has 0 bridgehead atoms. The van der Waals surface area contributed by atoms with Gasteiger partial charge in [-0.1, -0.05) is 95.9 Å². The van der Waals surface area contributed by atoms with Crippen LogP contribution in [-0.2, 0) is 18.0 Å². The Hall–Kier alpha value is -3.43. The Morgan fingerprint density at radius 3 is 1.26 bits per heavy atom. The summed E-state index contributed by atoms with van der Waals surface area (Å²) in [5.41, 5.74) is 5.67. The second-order valence-corrected chi connectivity index (χ2v) is 7.30. The van der Waals surface area contributed by atoms with E-state index in [0.29, 0.717) is 13.2 Å². The van der Waals surface area contributed by atoms with E-state index in [0.717, 1.165) is 33.0 Å². The van der Waals surface area contributed by atoms with E-state index < -0.39 is 0 Å². The molecule has 2 radical (unpaired) electrons. The highest BCUT2D eigenvalue weighted by Gasteiger charge is 2.10. The zero-order chi connectivity index (χ0) is 21.5. The molecule has 0 unspecified atom stereocenters. The number of aromatic hydroxyl groups is 2. The monoisotopic (exact) mass is 404 g/mol. The molecule has 150 valence electrons. The predicted octanol–water partition coefficient (Wildman–Crippen LogP) is 2.12. The number of phenolic OH excluding ortho intramolecular Hbond substituents is 2. The van der Waals surface area contributed by atoms with Crippen LogP contribution in [0.2, 0.25) is 0 Å². The fraction of sp³-hybridized carbons (Fsp3) is 0.0769. The Kier molecular flexibility index (Phi) is 6.75. The van der Waals surface area contributed by atoms with Crippen molar-refractivity contribution in [2.45, 2.75) is 13.2 Å². The first-order valence-electron chi connectivity index (χ1n) is 10.2. The summed E-state index contributed by atoms with van der Waals surface area (Å²) in [5, 5.41) is 20.1. The number of phenols is 2. The molecule has 0 heterocycles. The molecular formula is C26H22B2O3. The Morgan fingerprint density at radius 2 is 0.839 bits per heavy atom. The summed E-state index contributed by atoms with van der Waals surface area (Å²) in [6.45, 7) is 0.899. The molecule has 0 aliphatic carbocycles. The fourth-order valence-electron chi connectivity index (χ4n) is 3.44. The summed E-state index contributed by atoms with van der Waals surface area (Å²) < 4.78 is 6.06. The molecule has 4 rings (SSSR count). The third kappa shape index (κ3) is 5.39. The highest BCUT2D eigenvalue weighted by Crippen LogP contribution is 2.07. The Morgan fingerprint density at radius 1 is 0.484 bits per heavy atom. The van der Waals surface area contributed by atoms with Crippen molar-refractivity contribution in [2.24, 2.45) is 0 Å². The van der Waals surface area contributed by atoms with Crippen LogP contribution in [0.4, 0.5) is 0 Å². The molecule has 3 nitrogen and oxygen atoms in total. The SMILES string of the molecule is Oc1ccccc1[B]c1ccccc1COCc1ccccc1[B]c1ccccc1O. The van der Waals surface area contributed by atoms with Crippen molar-refractivity contribution in [3.8, 4) is 11.5 Å². The van der Waals surface area contributed by atoms with Gasteiger partial charge in [-0.25, -0.2) is 0 Å². The number of ether oxygens (including phenoxy) is 1. The lowest BCUT2D eigenvalue weighted by Crippen LogP contribution is -2.31. The lowest BCUT2D eigenvalue weighted by atomic mass is 9.62. The summed E-state index contributed by atoms with van der Waals surface area (Å²) in [4.78, 5) is 0. The minimum absolute atomic E-state index is 0.256. The molecule has 31 heavy (non-hydrogen) atoms. The van der Waals surface area contributed by atoms with Crippen LogP contribution in [0.15, 0.2) is 97.1 Å². The molecule has 0 atom stereocenters. The van der Waals surface area contributed by atoms with Crippen molar-refractivity contribution < 1.29 is 14.9 Å². The molecular weight excluding hydrogens is 382 g/mol. The van der Waals surface area contributed by atoms with Gasteiger partial charge in [0, 0.05) is 0 Å². The number of hydrogen-bond acceptors (Lipinski definition) is 3. The van der Waals surface area contributed by atoms with Gasteiger partial charge >= 0.3 is 0 Å². The second kappa shape index (κ2) is 10.1. The van der Waals surface area contributed by atoms with E-state index in [2.05, 4.69) is 0 Å². The van der Waals surface area contributed by atoms with Crippen LogP contribution >= 0.6 is 0 Å². The first kappa shape index (κ1) is 20.8. The first-order chi connectivity index (χ1) is 15.2. The van der Waals surface area contributed by atoms with E-state index in [1.807, 2.05) is 99.5 Å². The molecule has 2 N–H and O–H groups in total. The molecule has 0 amide bonds. The van der Waals surface area contributed by atoms with E-state index in [1.54, 1.807) is 12.1 Å². The van der Waals surface area contributed by atoms with Gasteiger partial charge < -0.3 is 14.9 Å². The van der Waals surface area contributed by atoms with E-state index >= 15 is 0 Å². The molecule has 0 aromatic heterocycles. The van der Waals surface area contributed by atoms with Crippen LogP contribution < -0.4 is 21.9 Å². The average Bonchev–Trinajstić information content (AvgIpc) is 2.79. The highest BCUT2D eigenvalue weighted by atomic mass is 16.5. The lowest BCUT2D eigenvalue weighted by Gasteiger charge is -2.13. The van der Waals surface area contributed by atoms with Crippen LogP contribution in [0, 0.1) is 0 Å². The predicted molar refractivity (Wildman–Crippen MR) is 128 cm³/mol. The molecule has 0 saturated carbocycles. The number of hydrogen-bond donors (Lipinski definition) is 2. The molecule has 4 aromatic carbocycles. The summed E-state index contributed by atoms with van der Waals surface area (Å²) >= 11 is 0. The minimum Gasteiger partial charge on any atom is -0.509 e. The minimum atomic E-state index is 0.256. The largest absolute Gasteiger partial charge is 0.509 e. The number of benzene rings is 4. The van der Waals surface area contributed by atoms with E-state index in [9.17, 15) is 10.2 Å². The number of para-hydroxylation sites is 2. The van der Waals surface area contributed by atoms with Crippen molar-refractivity contribution >= 4 is 36.4 Å². The quantitative estimate of drug-likeness (QED) is 0.443. The number of rotatable bonds is 8. The molecule has 0 aliphatic rings. The third-order valence-corrected chi connectivity index (χ3v) is 5.12. The third-order valence-electron chi connectivity index (χ3n) is 5.12. The summed E-state index contributed by atoms with van der Waals surface area (Å²) in [6.07, 6.45) is 0. The van der Waals surface area contributed by atoms with Crippen molar-refractivity contribution in [2.75, 3.05) is 0 Å². The average molecular weight is 404 g/mol. The Bertz CT molecular complexity index is 1070. The maximum Gasteiger partial charge on any atom is 0.196 e. The lowest BCUT2D eigenvalue weighted by molar-refractivity contribution is 0.108. The summed E-state index contributed by atoms with van der Waals surface area (Å²) in [5.74, 6) is 0.513. The van der Waals surface area contributed by atoms with Gasteiger partial charge in [-0.3, -0.25) is 0 Å². The van der Waals surface area contributed by atoms with Gasteiger partial charge in [-0.2, -0.15) is 0 Å². The van der Waals surface area contributed by atoms with E-state index in [4.69, 9.17) is 4.74 Å². The van der Waals surface area contributed by atoms with E-state index in [-0.39, 0.29) is 11.5 Å². The van der Waals surface area contributed by atoms with Gasteiger partial charge in [0.2, 0.25) is 0 Å². The van der Waals surface area contributed by atoms with Crippen molar-refractivity contribution in [3.05, 3.63) is 108 Å². The first-order valence-corrected chi connectivity index (χ1v) is 10.2. The van der Waals surface area contributed by atoms with Crippen molar-refractivity contribution in [3.63, 3.8) is 0 Å². The highest BCUT2D eigenvalue weighted by molar-refractivity contribution is 6.69. The molecule has 0 aliphatic heterocycles. The standard InChI is InChI=1S/C26H22B2O3/c29-25-15-7-5-13-23(25)27-21-11-3-1-9-19(21)17-31-18-20-10-2-4-12-22(20)28-24-14-6-8-16-26(24)30/h1-16,29-30H,17-18H2. The zero-order valence-electron chi connectivity index (χ0n) is 17.1. The van der Waals surface area contributed by atoms with Gasteiger partial charge in [0.05, 0.1) is 13.2 Å². The van der Waals surface area contributed by atoms with Gasteiger partial charge in [0.1, 0.15) is 11.5 Å². The van der Waals surface area contributed by atoms with Crippen molar-refractivity contribution in [1.82, 2.24) is 0 Å². The van der Waals surface area contributed by atoms with Gasteiger partial charge in [-0.15, -0.1) is 0 Å². The van der Waals surface area contributed by atoms with Gasteiger partial charge in [0.25, 0.3) is 0 Å². The van der Waals surface area contributed by atoms with Gasteiger partial charge in [-0.05, 0) is 34.2 Å². The maximum absolute atomic E-state index is 10.1. The molecule has 0 saturated heterocycles. The van der Waals surface area contributed by atoms with Crippen LogP contribution in [0.1, 0.15) is 11.1 Å². The fourth-order valence-corrected chi connectivity index (χ4v) is 3.44. The zero-order valence-corrected chi connectivity index (χ0v) is 17.1. The molecule has 0 fully saturated rings. The van der Waals surface area contributed by atoms with E-state index in [1.165, 1.54) is 0 Å². The summed E-state index contributed by atoms with van der Waals surface area (Å²) in [7, 11) is 3.93. The molecule has 0 spiro atoms. The van der Waals surface area contributed by atoms with Crippen LogP contribution in [-0.4, -0.2) is 24.8 Å². The van der Waals surface area contributed by atoms with Crippen LogP contribution in [0.25, 0.3) is 0 Å². The Labute approximate surface area is 184 Å². The summed E-state index contributed by atoms with van der Waals surface area (Å²) in [6, 6.07) is 30.6. The van der Waals surface area contributed by atoms with Gasteiger partial charge in [0.15, 0.2) is 14.6 Å². The van der Waals surface area contributed by atoms with Crippen LogP contribution in [0.5, 0.6) is 11.5 Å². The smallest absolute Gasteiger partial charge is 0.196 e. The normalized spacial score (nSPS) is 10.6. The van der Waals surface area contributed by atoms with Crippen LogP contribution in [0.3, 0.4) is 0 Å². The Balaban J connectivity index is 1.44. The molecule has 4 aromatic rings. The second-order valence-electron chi connectivity index (χ2n) is 7.30. The van der Waals surface area contributed by atoms with Crippen molar-refractivity contribution in [1.29, 1.82) is 0 Å². The topological polar surface area (TPSA) is 49.7 Å².